The second-order valence-electron chi connectivity index (χ2n) is 7.04. The van der Waals surface area contributed by atoms with Crippen molar-refractivity contribution in [2.24, 2.45) is 0 Å². The van der Waals surface area contributed by atoms with Gasteiger partial charge in [0.2, 0.25) is 0 Å². The minimum atomic E-state index is -0.573. The standard InChI is InChI=1S/C22H27NO3/c1-17-9-8-14-20(15-21(24)19-12-6-3-7-13-19)23(17)22(25)26-16-18-10-4-2-5-11-18/h2-7,10-13,17,20-21,24H,8-9,14-16H2,1H3/t17-,20-,21-/m0/s1. The Morgan fingerprint density at radius 1 is 1.12 bits per heavy atom. The molecule has 4 nitrogen and oxygen atoms in total. The molecule has 1 N–H and O–H groups in total. The molecule has 1 aliphatic rings. The van der Waals surface area contributed by atoms with Crippen LogP contribution in [0.2, 0.25) is 0 Å². The minimum Gasteiger partial charge on any atom is -0.445 e. The molecule has 0 saturated carbocycles. The van der Waals surface area contributed by atoms with Gasteiger partial charge in [-0.3, -0.25) is 0 Å². The van der Waals surface area contributed by atoms with Gasteiger partial charge in [-0.25, -0.2) is 4.79 Å². The molecule has 0 aromatic heterocycles. The number of aliphatic hydroxyl groups excluding tert-OH is 1. The van der Waals surface area contributed by atoms with Crippen LogP contribution in [0.5, 0.6) is 0 Å². The maximum Gasteiger partial charge on any atom is 0.410 e. The van der Waals surface area contributed by atoms with Crippen LogP contribution in [0.15, 0.2) is 60.7 Å². The molecule has 0 radical (unpaired) electrons. The van der Waals surface area contributed by atoms with E-state index in [1.807, 2.05) is 65.6 Å². The van der Waals surface area contributed by atoms with Crippen LogP contribution in [0.4, 0.5) is 4.79 Å². The van der Waals surface area contributed by atoms with Crippen LogP contribution in [0, 0.1) is 0 Å². The third-order valence-electron chi connectivity index (χ3n) is 5.12. The summed E-state index contributed by atoms with van der Waals surface area (Å²) < 4.78 is 5.56. The van der Waals surface area contributed by atoms with Gasteiger partial charge in [0.15, 0.2) is 0 Å². The molecule has 138 valence electrons. The zero-order valence-electron chi connectivity index (χ0n) is 15.3. The first-order valence-corrected chi connectivity index (χ1v) is 9.37. The van der Waals surface area contributed by atoms with Crippen molar-refractivity contribution in [3.63, 3.8) is 0 Å². The summed E-state index contributed by atoms with van der Waals surface area (Å²) in [4.78, 5) is 14.6. The lowest BCUT2D eigenvalue weighted by Crippen LogP contribution is -2.49. The van der Waals surface area contributed by atoms with Crippen molar-refractivity contribution in [3.8, 4) is 0 Å². The number of rotatable bonds is 5. The van der Waals surface area contributed by atoms with E-state index in [4.69, 9.17) is 4.74 Å². The van der Waals surface area contributed by atoms with Crippen molar-refractivity contribution in [2.75, 3.05) is 0 Å². The summed E-state index contributed by atoms with van der Waals surface area (Å²) in [6, 6.07) is 19.5. The second-order valence-corrected chi connectivity index (χ2v) is 7.04. The normalized spacial score (nSPS) is 21.2. The van der Waals surface area contributed by atoms with Gasteiger partial charge >= 0.3 is 6.09 Å². The molecular formula is C22H27NO3. The zero-order valence-corrected chi connectivity index (χ0v) is 15.3. The third-order valence-corrected chi connectivity index (χ3v) is 5.12. The molecule has 1 heterocycles. The molecular weight excluding hydrogens is 326 g/mol. The fourth-order valence-corrected chi connectivity index (χ4v) is 3.71. The summed E-state index contributed by atoms with van der Waals surface area (Å²) in [7, 11) is 0. The number of amides is 1. The number of aliphatic hydroxyl groups is 1. The lowest BCUT2D eigenvalue weighted by molar-refractivity contribution is 0.0273. The maximum absolute atomic E-state index is 12.7. The highest BCUT2D eigenvalue weighted by molar-refractivity contribution is 5.68. The van der Waals surface area contributed by atoms with E-state index in [1.54, 1.807) is 0 Å². The summed E-state index contributed by atoms with van der Waals surface area (Å²) in [5.74, 6) is 0. The molecule has 2 aromatic rings. The molecule has 1 fully saturated rings. The second kappa shape index (κ2) is 8.86. The van der Waals surface area contributed by atoms with Crippen molar-refractivity contribution in [1.82, 2.24) is 4.90 Å². The number of hydrogen-bond donors (Lipinski definition) is 1. The van der Waals surface area contributed by atoms with Gasteiger partial charge < -0.3 is 14.7 Å². The highest BCUT2D eigenvalue weighted by Gasteiger charge is 2.34. The van der Waals surface area contributed by atoms with E-state index < -0.39 is 6.10 Å². The van der Waals surface area contributed by atoms with Gasteiger partial charge in [0.25, 0.3) is 0 Å². The van der Waals surface area contributed by atoms with E-state index in [-0.39, 0.29) is 24.8 Å². The van der Waals surface area contributed by atoms with Gasteiger partial charge in [0.05, 0.1) is 6.10 Å². The van der Waals surface area contributed by atoms with Gasteiger partial charge in [-0.05, 0) is 43.7 Å². The molecule has 0 bridgehead atoms. The van der Waals surface area contributed by atoms with Gasteiger partial charge in [0, 0.05) is 12.1 Å². The third kappa shape index (κ3) is 4.64. The number of hydrogen-bond acceptors (Lipinski definition) is 3. The topological polar surface area (TPSA) is 49.8 Å². The molecule has 1 amide bonds. The molecule has 4 heteroatoms. The lowest BCUT2D eigenvalue weighted by atomic mass is 9.91. The van der Waals surface area contributed by atoms with Gasteiger partial charge in [-0.1, -0.05) is 60.7 Å². The van der Waals surface area contributed by atoms with Crippen LogP contribution < -0.4 is 0 Å². The Kier molecular flexibility index (Phi) is 6.29. The minimum absolute atomic E-state index is 0.00257. The molecule has 0 spiro atoms. The molecule has 26 heavy (non-hydrogen) atoms. The monoisotopic (exact) mass is 353 g/mol. The van der Waals surface area contributed by atoms with Crippen molar-refractivity contribution >= 4 is 6.09 Å². The first-order valence-electron chi connectivity index (χ1n) is 9.37. The Morgan fingerprint density at radius 3 is 2.46 bits per heavy atom. The van der Waals surface area contributed by atoms with E-state index in [1.165, 1.54) is 0 Å². The van der Waals surface area contributed by atoms with Crippen LogP contribution in [-0.4, -0.2) is 28.2 Å². The zero-order chi connectivity index (χ0) is 18.4. The highest BCUT2D eigenvalue weighted by atomic mass is 16.6. The van der Waals surface area contributed by atoms with Crippen LogP contribution in [0.25, 0.3) is 0 Å². The Balaban J connectivity index is 1.64. The van der Waals surface area contributed by atoms with Crippen molar-refractivity contribution in [2.45, 2.75) is 57.4 Å². The molecule has 1 aliphatic heterocycles. The Labute approximate surface area is 155 Å². The maximum atomic E-state index is 12.7. The van der Waals surface area contributed by atoms with E-state index in [2.05, 4.69) is 6.92 Å². The Bertz CT molecular complexity index is 689. The number of piperidine rings is 1. The molecule has 0 unspecified atom stereocenters. The number of ether oxygens (including phenoxy) is 1. The average molecular weight is 353 g/mol. The fourth-order valence-electron chi connectivity index (χ4n) is 3.71. The summed E-state index contributed by atoms with van der Waals surface area (Å²) in [6.45, 7) is 2.34. The molecule has 3 rings (SSSR count). The van der Waals surface area contributed by atoms with E-state index in [0.29, 0.717) is 6.42 Å². The van der Waals surface area contributed by atoms with Crippen molar-refractivity contribution < 1.29 is 14.6 Å². The predicted octanol–water partition coefficient (Wildman–Crippen LogP) is 4.69. The van der Waals surface area contributed by atoms with Gasteiger partial charge in [-0.15, -0.1) is 0 Å². The first-order chi connectivity index (χ1) is 12.6. The average Bonchev–Trinajstić information content (AvgIpc) is 2.68. The fraction of sp³-hybridized carbons (Fsp3) is 0.409. The number of benzene rings is 2. The molecule has 3 atom stereocenters. The van der Waals surface area contributed by atoms with E-state index >= 15 is 0 Å². The summed E-state index contributed by atoms with van der Waals surface area (Å²) >= 11 is 0. The van der Waals surface area contributed by atoms with Crippen molar-refractivity contribution in [1.29, 1.82) is 0 Å². The molecule has 1 saturated heterocycles. The van der Waals surface area contributed by atoms with Crippen LogP contribution >= 0.6 is 0 Å². The van der Waals surface area contributed by atoms with E-state index in [9.17, 15) is 9.90 Å². The Morgan fingerprint density at radius 2 is 1.77 bits per heavy atom. The number of likely N-dealkylation sites (tertiary alicyclic amines) is 1. The number of carbonyl (C=O) groups excluding carboxylic acids is 1. The smallest absolute Gasteiger partial charge is 0.410 e. The summed E-state index contributed by atoms with van der Waals surface area (Å²) in [5, 5.41) is 10.6. The highest BCUT2D eigenvalue weighted by Crippen LogP contribution is 2.30. The van der Waals surface area contributed by atoms with Crippen LogP contribution in [0.1, 0.15) is 49.8 Å². The SMILES string of the molecule is C[C@H]1CCC[C@@H](C[C@H](O)c2ccccc2)N1C(=O)OCc1ccccc1. The molecule has 0 aliphatic carbocycles. The largest absolute Gasteiger partial charge is 0.445 e. The summed E-state index contributed by atoms with van der Waals surface area (Å²) in [6.07, 6.45) is 2.61. The van der Waals surface area contributed by atoms with E-state index in [0.717, 1.165) is 30.4 Å². The predicted molar refractivity (Wildman–Crippen MR) is 102 cm³/mol. The van der Waals surface area contributed by atoms with Crippen LogP contribution in [0.3, 0.4) is 0 Å². The molecule has 2 aromatic carbocycles. The number of carbonyl (C=O) groups is 1. The summed E-state index contributed by atoms with van der Waals surface area (Å²) in [5.41, 5.74) is 1.87. The first kappa shape index (κ1) is 18.5. The van der Waals surface area contributed by atoms with Gasteiger partial charge in [-0.2, -0.15) is 0 Å². The lowest BCUT2D eigenvalue weighted by Gasteiger charge is -2.40. The van der Waals surface area contributed by atoms with Crippen LogP contribution in [-0.2, 0) is 11.3 Å². The quantitative estimate of drug-likeness (QED) is 0.848. The van der Waals surface area contributed by atoms with Gasteiger partial charge in [0.1, 0.15) is 6.61 Å². The van der Waals surface area contributed by atoms with Crippen molar-refractivity contribution in [3.05, 3.63) is 71.8 Å². The Hall–Kier alpha value is -2.33. The number of nitrogens with zero attached hydrogens (tertiary/aromatic N) is 1.